The number of halogens is 1. The average molecular weight is 370 g/mol. The van der Waals surface area contributed by atoms with Gasteiger partial charge < -0.3 is 25.2 Å². The molecule has 0 spiro atoms. The van der Waals surface area contributed by atoms with Crippen LogP contribution in [0.2, 0.25) is 0 Å². The molecule has 0 aliphatic carbocycles. The van der Waals surface area contributed by atoms with E-state index in [1.54, 1.807) is 13.8 Å². The molecular weight excluding hydrogens is 346 g/mol. The van der Waals surface area contributed by atoms with Gasteiger partial charge in [0.1, 0.15) is 24.4 Å². The van der Waals surface area contributed by atoms with Crippen molar-refractivity contribution in [3.8, 4) is 0 Å². The Morgan fingerprint density at radius 3 is 2.33 bits per heavy atom. The van der Waals surface area contributed by atoms with Gasteiger partial charge in [-0.2, -0.15) is 5.01 Å². The molecule has 10 nitrogen and oxygen atoms in total. The third-order valence-electron chi connectivity index (χ3n) is 3.60. The highest BCUT2D eigenvalue weighted by Crippen LogP contribution is 2.25. The quantitative estimate of drug-likeness (QED) is 0.258. The first-order chi connectivity index (χ1) is 11.3. The third-order valence-corrected chi connectivity index (χ3v) is 3.77. The second-order valence-corrected chi connectivity index (χ2v) is 6.32. The Morgan fingerprint density at radius 1 is 1.25 bits per heavy atom. The summed E-state index contributed by atoms with van der Waals surface area (Å²) in [6, 6.07) is -0.858. The number of ether oxygens (including phenoxy) is 1. The zero-order valence-corrected chi connectivity index (χ0v) is 14.3. The summed E-state index contributed by atoms with van der Waals surface area (Å²) in [6.45, 7) is 2.91. The SMILES string of the molecule is CC(C)CN(C(=O)N(CCCl)N=O)C1O[C@H](CO)[C@H](O)[C@H](O)[C@H]1O. The van der Waals surface area contributed by atoms with Crippen LogP contribution in [0.4, 0.5) is 4.79 Å². The maximum atomic E-state index is 12.5. The number of amides is 2. The van der Waals surface area contributed by atoms with E-state index in [0.717, 1.165) is 4.90 Å². The molecule has 1 fully saturated rings. The summed E-state index contributed by atoms with van der Waals surface area (Å²) in [5.74, 6) is -0.0902. The highest BCUT2D eigenvalue weighted by Gasteiger charge is 2.47. The standard InChI is InChI=1S/C13H24ClN3O7/c1-7(2)5-16(13(22)17(15-23)4-3-14)12-11(21)10(20)9(19)8(6-18)24-12/h7-12,18-21H,3-6H2,1-2H3/t8-,9+,10+,11-,12?/m1/s1. The summed E-state index contributed by atoms with van der Waals surface area (Å²) >= 11 is 5.53. The predicted octanol–water partition coefficient (Wildman–Crippen LogP) is -0.913. The van der Waals surface area contributed by atoms with Crippen LogP contribution in [0.5, 0.6) is 0 Å². The van der Waals surface area contributed by atoms with Crippen molar-refractivity contribution < 1.29 is 30.0 Å². The van der Waals surface area contributed by atoms with Crippen LogP contribution >= 0.6 is 11.6 Å². The lowest BCUT2D eigenvalue weighted by Crippen LogP contribution is -2.65. The molecule has 0 aromatic carbocycles. The summed E-state index contributed by atoms with van der Waals surface area (Å²) in [4.78, 5) is 24.4. The molecule has 1 unspecified atom stereocenters. The second-order valence-electron chi connectivity index (χ2n) is 5.94. The lowest BCUT2D eigenvalue weighted by molar-refractivity contribution is -0.259. The lowest BCUT2D eigenvalue weighted by atomic mass is 9.97. The number of rotatable bonds is 7. The normalized spacial score (nSPS) is 30.2. The fraction of sp³-hybridized carbons (Fsp3) is 0.923. The first-order valence-corrected chi connectivity index (χ1v) is 8.09. The van der Waals surface area contributed by atoms with Gasteiger partial charge in [0.15, 0.2) is 6.23 Å². The van der Waals surface area contributed by atoms with Crippen molar-refractivity contribution in [2.24, 2.45) is 11.2 Å². The second kappa shape index (κ2) is 9.44. The average Bonchev–Trinajstić information content (AvgIpc) is 2.55. The van der Waals surface area contributed by atoms with Crippen molar-refractivity contribution in [1.29, 1.82) is 0 Å². The zero-order chi connectivity index (χ0) is 18.4. The van der Waals surface area contributed by atoms with Gasteiger partial charge in [0.2, 0.25) is 0 Å². The van der Waals surface area contributed by atoms with Gasteiger partial charge in [0.05, 0.1) is 18.4 Å². The van der Waals surface area contributed by atoms with Crippen LogP contribution in [-0.2, 0) is 4.74 Å². The van der Waals surface area contributed by atoms with E-state index in [-0.39, 0.29) is 24.9 Å². The van der Waals surface area contributed by atoms with E-state index in [0.29, 0.717) is 5.01 Å². The molecular formula is C13H24ClN3O7. The minimum Gasteiger partial charge on any atom is -0.394 e. The monoisotopic (exact) mass is 369 g/mol. The van der Waals surface area contributed by atoms with E-state index >= 15 is 0 Å². The van der Waals surface area contributed by atoms with Crippen LogP contribution < -0.4 is 0 Å². The molecule has 1 aliphatic heterocycles. The van der Waals surface area contributed by atoms with Gasteiger partial charge in [-0.3, -0.25) is 4.90 Å². The molecule has 1 heterocycles. The number of aliphatic hydroxyl groups is 4. The van der Waals surface area contributed by atoms with Crippen molar-refractivity contribution in [3.05, 3.63) is 4.91 Å². The van der Waals surface area contributed by atoms with Crippen molar-refractivity contribution in [3.63, 3.8) is 0 Å². The number of hydrogen-bond donors (Lipinski definition) is 4. The van der Waals surface area contributed by atoms with Crippen LogP contribution in [0.1, 0.15) is 13.8 Å². The summed E-state index contributed by atoms with van der Waals surface area (Å²) in [5.41, 5.74) is 0. The Kier molecular flexibility index (Phi) is 8.27. The zero-order valence-electron chi connectivity index (χ0n) is 13.5. The van der Waals surface area contributed by atoms with Crippen LogP contribution in [0.15, 0.2) is 5.29 Å². The topological polar surface area (TPSA) is 143 Å². The number of nitrogens with zero attached hydrogens (tertiary/aromatic N) is 3. The largest absolute Gasteiger partial charge is 0.394 e. The van der Waals surface area contributed by atoms with E-state index in [1.165, 1.54) is 0 Å². The van der Waals surface area contributed by atoms with Crippen LogP contribution in [0.3, 0.4) is 0 Å². The van der Waals surface area contributed by atoms with Crippen LogP contribution in [-0.4, -0.2) is 92.6 Å². The molecule has 140 valence electrons. The number of urea groups is 1. The molecule has 5 atom stereocenters. The molecule has 1 rings (SSSR count). The lowest BCUT2D eigenvalue weighted by Gasteiger charge is -2.45. The molecule has 1 saturated heterocycles. The first kappa shape index (κ1) is 21.0. The Hall–Kier alpha value is -1.04. The summed E-state index contributed by atoms with van der Waals surface area (Å²) < 4.78 is 5.38. The molecule has 0 bridgehead atoms. The molecule has 0 saturated carbocycles. The van der Waals surface area contributed by atoms with Gasteiger partial charge in [0.25, 0.3) is 0 Å². The smallest absolute Gasteiger partial charge is 0.345 e. The highest BCUT2D eigenvalue weighted by molar-refractivity contribution is 6.18. The Bertz CT molecular complexity index is 426. The Morgan fingerprint density at radius 2 is 1.88 bits per heavy atom. The third kappa shape index (κ3) is 4.74. The van der Waals surface area contributed by atoms with Crippen molar-refractivity contribution in [1.82, 2.24) is 9.91 Å². The maximum Gasteiger partial charge on any atom is 0.345 e. The Balaban J connectivity index is 3.09. The van der Waals surface area contributed by atoms with Crippen LogP contribution in [0, 0.1) is 10.8 Å². The van der Waals surface area contributed by atoms with Crippen molar-refractivity contribution in [2.45, 2.75) is 44.5 Å². The number of aliphatic hydroxyl groups excluding tert-OH is 4. The summed E-state index contributed by atoms with van der Waals surface area (Å²) in [7, 11) is 0. The Labute approximate surface area is 144 Å². The predicted molar refractivity (Wildman–Crippen MR) is 83.9 cm³/mol. The van der Waals surface area contributed by atoms with E-state index < -0.39 is 43.3 Å². The van der Waals surface area contributed by atoms with Gasteiger partial charge in [0, 0.05) is 12.4 Å². The van der Waals surface area contributed by atoms with Crippen molar-refractivity contribution >= 4 is 17.6 Å². The molecule has 0 aromatic heterocycles. The maximum absolute atomic E-state index is 12.5. The van der Waals surface area contributed by atoms with Gasteiger partial charge in [-0.25, -0.2) is 4.79 Å². The first-order valence-electron chi connectivity index (χ1n) is 7.56. The van der Waals surface area contributed by atoms with E-state index in [2.05, 4.69) is 5.29 Å². The van der Waals surface area contributed by atoms with Gasteiger partial charge in [-0.1, -0.05) is 13.8 Å². The molecule has 2 amide bonds. The summed E-state index contributed by atoms with van der Waals surface area (Å²) in [5, 5.41) is 42.3. The minimum atomic E-state index is -1.63. The van der Waals surface area contributed by atoms with Gasteiger partial charge >= 0.3 is 6.03 Å². The molecule has 0 aromatic rings. The number of hydrogen-bond acceptors (Lipinski definition) is 8. The molecule has 1 aliphatic rings. The number of carbonyl (C=O) groups is 1. The van der Waals surface area contributed by atoms with Crippen molar-refractivity contribution in [2.75, 3.05) is 25.6 Å². The number of carbonyl (C=O) groups excluding carboxylic acids is 1. The van der Waals surface area contributed by atoms with E-state index in [1.807, 2.05) is 0 Å². The molecule has 4 N–H and O–H groups in total. The fourth-order valence-corrected chi connectivity index (χ4v) is 2.58. The minimum absolute atomic E-state index is 0.0261. The van der Waals surface area contributed by atoms with E-state index in [4.69, 9.17) is 16.3 Å². The molecule has 11 heteroatoms. The van der Waals surface area contributed by atoms with E-state index in [9.17, 15) is 30.1 Å². The fourth-order valence-electron chi connectivity index (χ4n) is 2.42. The number of nitroso groups, excluding NO2 is 1. The highest BCUT2D eigenvalue weighted by atomic mass is 35.5. The molecule has 0 radical (unpaired) electrons. The number of alkyl halides is 1. The molecule has 24 heavy (non-hydrogen) atoms. The van der Waals surface area contributed by atoms with Gasteiger partial charge in [-0.05, 0) is 5.92 Å². The van der Waals surface area contributed by atoms with Crippen LogP contribution in [0.25, 0.3) is 0 Å². The summed E-state index contributed by atoms with van der Waals surface area (Å²) in [6.07, 6.45) is -7.33. The van der Waals surface area contributed by atoms with Gasteiger partial charge in [-0.15, -0.1) is 16.5 Å².